The first-order chi connectivity index (χ1) is 53.0. The first kappa shape index (κ1) is 100. The third-order valence-corrected chi connectivity index (χ3v) is 20.2. The van der Waals surface area contributed by atoms with Crippen LogP contribution in [0.5, 0.6) is 0 Å². The summed E-state index contributed by atoms with van der Waals surface area (Å²) in [6.45, 7) is 33.1. The van der Waals surface area contributed by atoms with Crippen molar-refractivity contribution in [2.45, 2.75) is 287 Å². The van der Waals surface area contributed by atoms with Gasteiger partial charge in [-0.1, -0.05) is 169 Å². The molecule has 113 heavy (non-hydrogen) atoms. The average molecular weight is 1590 g/mol. The Morgan fingerprint density at radius 3 is 1.49 bits per heavy atom. The van der Waals surface area contributed by atoms with Gasteiger partial charge in [-0.3, -0.25) is 62.4 Å². The second kappa shape index (κ2) is 49.8. The van der Waals surface area contributed by atoms with Gasteiger partial charge in [0.2, 0.25) is 65.0 Å². The van der Waals surface area contributed by atoms with Crippen molar-refractivity contribution >= 4 is 77.0 Å². The van der Waals surface area contributed by atoms with Crippen LogP contribution in [0.2, 0.25) is 0 Å². The zero-order valence-electron chi connectivity index (χ0n) is 73.0. The minimum absolute atomic E-state index is 0.0106. The molecule has 1 aliphatic heterocycles. The van der Waals surface area contributed by atoms with Crippen LogP contribution < -0.4 is 21.3 Å². The maximum atomic E-state index is 15.1. The predicted molar refractivity (Wildman–Crippen MR) is 438 cm³/mol. The van der Waals surface area contributed by atoms with Crippen LogP contribution >= 0.6 is 0 Å². The molecule has 0 unspecified atom stereocenters. The van der Waals surface area contributed by atoms with Crippen LogP contribution in [-0.2, 0) is 84.6 Å². The Bertz CT molecular complexity index is 3350. The molecule has 0 spiro atoms. The van der Waals surface area contributed by atoms with Crippen molar-refractivity contribution in [3.63, 3.8) is 0 Å². The molecule has 0 bridgehead atoms. The summed E-state index contributed by atoms with van der Waals surface area (Å²) in [5.74, 6) is -9.19. The highest BCUT2D eigenvalue weighted by Gasteiger charge is 2.44. The number of amides is 12. The fourth-order valence-electron chi connectivity index (χ4n) is 13.3. The maximum absolute atomic E-state index is 15.1. The van der Waals surface area contributed by atoms with E-state index in [2.05, 4.69) is 35.1 Å². The summed E-state index contributed by atoms with van der Waals surface area (Å²) >= 11 is 0. The predicted octanol–water partition coefficient (Wildman–Crippen LogP) is 8.44. The number of ether oxygens (including phenoxy) is 3. The second-order valence-electron chi connectivity index (χ2n) is 32.6. The lowest BCUT2D eigenvalue weighted by molar-refractivity contribution is -0.151. The molecule has 28 heteroatoms. The highest BCUT2D eigenvalue weighted by atomic mass is 16.6. The number of piperidine rings is 1. The van der Waals surface area contributed by atoms with Gasteiger partial charge in [0.05, 0.1) is 25.7 Å². The van der Waals surface area contributed by atoms with E-state index in [1.807, 2.05) is 54.5 Å². The molecule has 1 aliphatic rings. The van der Waals surface area contributed by atoms with Gasteiger partial charge in [-0.2, -0.15) is 0 Å². The SMILES string of the molecule is CCC.CCCCOC(=O)C[C@H](NC(=O)[C@H](C(C)C)N(C)C(=O)[C@H](Cc1ccccc1)N(C)C(=O)[C@H](C)NC(=O)[C@H]([C@@H](C)CC)N(C)C(=O)CN(C)C(=O)[C@@H](NC(=O)[C@H](CC(C)C)N(C)C(=O)[C@H](CC(C)C)NC(=O)[C@H](Cc1ccccc1)N(C)C(=O)[C@H](C)N(C)C(=O)OC(C)(C)C)[C@@H](C)OCCCC)C(=O)N1CCCCC1. The topological polar surface area (TPSA) is 324 Å². The zero-order valence-corrected chi connectivity index (χ0v) is 73.0. The maximum Gasteiger partial charge on any atom is 0.410 e. The molecule has 0 aromatic heterocycles. The Kier molecular flexibility index (Phi) is 44.3. The summed E-state index contributed by atoms with van der Waals surface area (Å²) in [5, 5.41) is 11.4. The lowest BCUT2D eigenvalue weighted by Gasteiger charge is -2.38. The minimum Gasteiger partial charge on any atom is -0.466 e. The fraction of sp³-hybridized carbons (Fsp3) is 0.706. The molecular weight excluding hydrogens is 1450 g/mol. The summed E-state index contributed by atoms with van der Waals surface area (Å²) in [6.07, 6.45) is 4.98. The van der Waals surface area contributed by atoms with E-state index < -0.39 is 174 Å². The van der Waals surface area contributed by atoms with E-state index in [0.29, 0.717) is 43.5 Å². The Balaban J connectivity index is 0.0000142. The number of likely N-dealkylation sites (tertiary alicyclic amines) is 1. The summed E-state index contributed by atoms with van der Waals surface area (Å²) in [5.41, 5.74) is 0.542. The lowest BCUT2D eigenvalue weighted by Crippen LogP contribution is -2.62. The van der Waals surface area contributed by atoms with Gasteiger partial charge in [0.15, 0.2) is 0 Å². The summed E-state index contributed by atoms with van der Waals surface area (Å²) < 4.78 is 17.1. The van der Waals surface area contributed by atoms with E-state index in [9.17, 15) is 47.9 Å². The number of hydrogen-bond donors (Lipinski definition) is 4. The second-order valence-corrected chi connectivity index (χ2v) is 32.6. The van der Waals surface area contributed by atoms with Gasteiger partial charge in [0.25, 0.3) is 0 Å². The molecule has 2 aromatic carbocycles. The van der Waals surface area contributed by atoms with Crippen molar-refractivity contribution in [1.29, 1.82) is 0 Å². The Morgan fingerprint density at radius 1 is 0.496 bits per heavy atom. The van der Waals surface area contributed by atoms with E-state index in [1.165, 1.54) is 94.1 Å². The monoisotopic (exact) mass is 1590 g/mol. The number of nitrogens with one attached hydrogen (secondary N) is 4. The van der Waals surface area contributed by atoms with Crippen molar-refractivity contribution in [2.24, 2.45) is 23.7 Å². The zero-order chi connectivity index (χ0) is 85.9. The summed E-state index contributed by atoms with van der Waals surface area (Å²) in [4.78, 5) is 199. The van der Waals surface area contributed by atoms with E-state index in [0.717, 1.165) is 41.9 Å². The average Bonchev–Trinajstić information content (AvgIpc) is 0.818. The van der Waals surface area contributed by atoms with Gasteiger partial charge in [0, 0.05) is 81.9 Å². The molecule has 0 radical (unpaired) electrons. The van der Waals surface area contributed by atoms with Crippen LogP contribution in [0, 0.1) is 23.7 Å². The Morgan fingerprint density at radius 2 is 0.982 bits per heavy atom. The largest absolute Gasteiger partial charge is 0.466 e. The fourth-order valence-corrected chi connectivity index (χ4v) is 13.3. The first-order valence-corrected chi connectivity index (χ1v) is 40.8. The van der Waals surface area contributed by atoms with Gasteiger partial charge < -0.3 is 69.8 Å². The molecule has 12 amide bonds. The van der Waals surface area contributed by atoms with E-state index in [-0.39, 0.29) is 50.7 Å². The highest BCUT2D eigenvalue weighted by Crippen LogP contribution is 2.24. The van der Waals surface area contributed by atoms with Gasteiger partial charge in [-0.05, 0) is 121 Å². The number of carbonyl (C=O) groups is 13. The molecule has 3 rings (SSSR count). The molecular formula is C85H142N12O16. The minimum atomic E-state index is -1.43. The van der Waals surface area contributed by atoms with Crippen molar-refractivity contribution in [3.05, 3.63) is 71.8 Å². The smallest absolute Gasteiger partial charge is 0.410 e. The molecule has 0 aliphatic carbocycles. The summed E-state index contributed by atoms with van der Waals surface area (Å²) in [7, 11) is 10.00. The first-order valence-electron chi connectivity index (χ1n) is 40.8. The third-order valence-electron chi connectivity index (χ3n) is 20.2. The normalized spacial score (nSPS) is 15.4. The van der Waals surface area contributed by atoms with Crippen molar-refractivity contribution in [2.75, 3.05) is 82.2 Å². The standard InChI is InChI=1S/C82H134N12O16.C3H8/c1-24-27-44-108-58(13)68(86-72(98)63(47-53(6)7)90(20)77(103)61(46-52(4)5)84-71(97)64(48-59-38-32-29-33-39-59)89(19)76(102)57(12)88(18)81(107)110-82(14,15)16)80(106)87(17)51-66(95)92(22)70(55(10)26-3)74(100)83-56(11)75(101)91(21)65(49-60-40-34-30-35-41-60)79(105)93(23)69(54(8)9)73(99)85-62(50-67(96)109-45-28-25-2)78(104)94-42-36-31-37-43-94;1-3-2/h29-30,32-35,38-41,52-58,61-65,68-70H,24-28,31,36-37,42-51H2,1-23H3,(H,83,100)(H,84,97)(H,85,99)(H,86,98);3H2,1-2H3/t55-,56-,57-,58+,61-,62-,63-,64-,65-,68-,69-,70-;/m0./s1. The Labute approximate surface area is 675 Å². The van der Waals surface area contributed by atoms with Gasteiger partial charge in [0.1, 0.15) is 66.0 Å². The number of unbranched alkanes of at least 4 members (excludes halogenated alkanes) is 2. The van der Waals surface area contributed by atoms with Crippen LogP contribution in [0.25, 0.3) is 0 Å². The van der Waals surface area contributed by atoms with Gasteiger partial charge >= 0.3 is 12.1 Å². The number of hydrogen-bond acceptors (Lipinski definition) is 16. The van der Waals surface area contributed by atoms with Gasteiger partial charge in [-0.25, -0.2) is 4.79 Å². The van der Waals surface area contributed by atoms with Crippen molar-refractivity contribution in [1.82, 2.24) is 60.5 Å². The van der Waals surface area contributed by atoms with Crippen LogP contribution in [-0.4, -0.2) is 271 Å². The highest BCUT2D eigenvalue weighted by molar-refractivity contribution is 5.99. The van der Waals surface area contributed by atoms with Crippen LogP contribution in [0.3, 0.4) is 0 Å². The molecule has 4 N–H and O–H groups in total. The molecule has 638 valence electrons. The molecule has 2 aromatic rings. The van der Waals surface area contributed by atoms with Crippen LogP contribution in [0.15, 0.2) is 60.7 Å². The van der Waals surface area contributed by atoms with Crippen LogP contribution in [0.4, 0.5) is 4.79 Å². The molecule has 1 saturated heterocycles. The van der Waals surface area contributed by atoms with Gasteiger partial charge in [-0.15, -0.1) is 0 Å². The number of benzene rings is 2. The third kappa shape index (κ3) is 32.6. The lowest BCUT2D eigenvalue weighted by atomic mass is 9.96. The number of likely N-dealkylation sites (N-methyl/N-ethyl adjacent to an activating group) is 7. The number of esters is 1. The number of nitrogens with zero attached hydrogens (tertiary/aromatic N) is 8. The molecule has 28 nitrogen and oxygen atoms in total. The summed E-state index contributed by atoms with van der Waals surface area (Å²) in [6, 6.07) is 5.63. The molecule has 0 saturated carbocycles. The van der Waals surface area contributed by atoms with E-state index in [1.54, 1.807) is 108 Å². The molecule has 1 heterocycles. The van der Waals surface area contributed by atoms with E-state index in [4.69, 9.17) is 14.2 Å². The number of carbonyl (C=O) groups excluding carboxylic acids is 13. The quantitative estimate of drug-likeness (QED) is 0.0357. The van der Waals surface area contributed by atoms with Crippen molar-refractivity contribution in [3.8, 4) is 0 Å². The molecule has 12 atom stereocenters. The Hall–Kier alpha value is -8.69. The molecule has 1 fully saturated rings. The number of rotatable bonds is 43. The van der Waals surface area contributed by atoms with Crippen molar-refractivity contribution < 1.29 is 76.5 Å². The van der Waals surface area contributed by atoms with Crippen LogP contribution in [0.1, 0.15) is 213 Å². The van der Waals surface area contributed by atoms with E-state index >= 15 is 14.4 Å².